The van der Waals surface area contributed by atoms with Crippen molar-refractivity contribution in [2.45, 2.75) is 59.7 Å². The number of morpholine rings is 1. The van der Waals surface area contributed by atoms with E-state index in [1.165, 1.54) is 0 Å². The Labute approximate surface area is 129 Å². The Bertz CT molecular complexity index is 346. The van der Waals surface area contributed by atoms with E-state index < -0.39 is 0 Å². The second-order valence-corrected chi connectivity index (χ2v) is 7.96. The van der Waals surface area contributed by atoms with Crippen molar-refractivity contribution < 1.29 is 9.53 Å². The maximum absolute atomic E-state index is 12.3. The molecule has 1 amide bonds. The topological polar surface area (TPSA) is 32.8 Å². The highest BCUT2D eigenvalue weighted by atomic mass is 16.5. The summed E-state index contributed by atoms with van der Waals surface area (Å²) in [5.41, 5.74) is -0.248. The van der Waals surface area contributed by atoms with Crippen LogP contribution in [0.2, 0.25) is 0 Å². The molecule has 2 rings (SSSR count). The zero-order valence-electron chi connectivity index (χ0n) is 14.4. The average Bonchev–Trinajstić information content (AvgIpc) is 2.36. The first-order chi connectivity index (χ1) is 9.75. The largest absolute Gasteiger partial charge is 0.373 e. The Morgan fingerprint density at radius 2 is 1.62 bits per heavy atom. The monoisotopic (exact) mass is 296 g/mol. The number of hydrogen-bond donors (Lipinski definition) is 0. The zero-order chi connectivity index (χ0) is 15.6. The Morgan fingerprint density at radius 3 is 2.10 bits per heavy atom. The number of carbonyl (C=O) groups is 1. The molecule has 2 heterocycles. The second kappa shape index (κ2) is 6.66. The fourth-order valence-electron chi connectivity index (χ4n) is 3.59. The van der Waals surface area contributed by atoms with Crippen molar-refractivity contribution in [3.63, 3.8) is 0 Å². The number of nitrogens with zero attached hydrogens (tertiary/aromatic N) is 2. The summed E-state index contributed by atoms with van der Waals surface area (Å²) in [6.45, 7) is 15.5. The van der Waals surface area contributed by atoms with Crippen LogP contribution in [-0.2, 0) is 9.53 Å². The molecule has 2 saturated heterocycles. The highest BCUT2D eigenvalue weighted by Gasteiger charge is 2.31. The van der Waals surface area contributed by atoms with E-state index in [2.05, 4.69) is 23.6 Å². The summed E-state index contributed by atoms with van der Waals surface area (Å²) < 4.78 is 5.80. The van der Waals surface area contributed by atoms with E-state index in [0.717, 1.165) is 51.5 Å². The van der Waals surface area contributed by atoms with Crippen molar-refractivity contribution in [1.82, 2.24) is 9.80 Å². The molecule has 2 fully saturated rings. The van der Waals surface area contributed by atoms with Gasteiger partial charge < -0.3 is 9.64 Å². The lowest BCUT2D eigenvalue weighted by Crippen LogP contribution is -2.49. The maximum Gasteiger partial charge on any atom is 0.227 e. The highest BCUT2D eigenvalue weighted by molar-refractivity contribution is 5.81. The van der Waals surface area contributed by atoms with E-state index in [1.54, 1.807) is 0 Å². The molecule has 0 radical (unpaired) electrons. The molecule has 122 valence electrons. The lowest BCUT2D eigenvalue weighted by Gasteiger charge is -2.40. The second-order valence-electron chi connectivity index (χ2n) is 7.96. The molecule has 4 heteroatoms. The van der Waals surface area contributed by atoms with Gasteiger partial charge in [0.2, 0.25) is 5.91 Å². The number of carbonyl (C=O) groups excluding carboxylic acids is 1. The summed E-state index contributed by atoms with van der Waals surface area (Å²) >= 11 is 0. The van der Waals surface area contributed by atoms with Crippen LogP contribution < -0.4 is 0 Å². The smallest absolute Gasteiger partial charge is 0.227 e. The van der Waals surface area contributed by atoms with E-state index in [9.17, 15) is 4.79 Å². The molecule has 0 bridgehead atoms. The molecule has 0 aliphatic carbocycles. The van der Waals surface area contributed by atoms with Gasteiger partial charge in [-0.1, -0.05) is 20.8 Å². The van der Waals surface area contributed by atoms with Crippen LogP contribution in [0.1, 0.15) is 47.5 Å². The van der Waals surface area contributed by atoms with Crippen molar-refractivity contribution in [2.24, 2.45) is 11.3 Å². The van der Waals surface area contributed by atoms with Crippen LogP contribution in [0.3, 0.4) is 0 Å². The predicted molar refractivity (Wildman–Crippen MR) is 85.2 cm³/mol. The van der Waals surface area contributed by atoms with Crippen LogP contribution in [-0.4, -0.2) is 60.6 Å². The van der Waals surface area contributed by atoms with Crippen LogP contribution in [0.25, 0.3) is 0 Å². The first kappa shape index (κ1) is 16.8. The average molecular weight is 296 g/mol. The van der Waals surface area contributed by atoms with Gasteiger partial charge in [-0.05, 0) is 32.6 Å². The summed E-state index contributed by atoms with van der Waals surface area (Å²) in [5.74, 6) is 1.03. The van der Waals surface area contributed by atoms with Gasteiger partial charge in [0.15, 0.2) is 0 Å². The van der Waals surface area contributed by atoms with Crippen molar-refractivity contribution in [1.29, 1.82) is 0 Å². The number of likely N-dealkylation sites (tertiary alicyclic amines) is 1. The minimum atomic E-state index is -0.248. The fraction of sp³-hybridized carbons (Fsp3) is 0.941. The normalized spacial score (nSPS) is 29.7. The quantitative estimate of drug-likeness (QED) is 0.784. The molecule has 0 spiro atoms. The number of ether oxygens (including phenoxy) is 1. The Hall–Kier alpha value is -0.610. The van der Waals surface area contributed by atoms with Gasteiger partial charge in [0.25, 0.3) is 0 Å². The lowest BCUT2D eigenvalue weighted by molar-refractivity contribution is -0.141. The molecule has 4 nitrogen and oxygen atoms in total. The van der Waals surface area contributed by atoms with Crippen LogP contribution in [0.15, 0.2) is 0 Å². The first-order valence-corrected chi connectivity index (χ1v) is 8.43. The van der Waals surface area contributed by atoms with Gasteiger partial charge in [-0.15, -0.1) is 0 Å². The molecule has 21 heavy (non-hydrogen) atoms. The maximum atomic E-state index is 12.3. The zero-order valence-corrected chi connectivity index (χ0v) is 14.4. The van der Waals surface area contributed by atoms with E-state index >= 15 is 0 Å². The standard InChI is InChI=1S/C17H32N2O2/c1-13-10-18(11-14(2)21-13)12-15-6-8-19(9-7-15)16(20)17(3,4)5/h13-15H,6-12H2,1-5H3/t13-,14+. The van der Waals surface area contributed by atoms with Gasteiger partial charge >= 0.3 is 0 Å². The summed E-state index contributed by atoms with van der Waals surface area (Å²) in [6, 6.07) is 0. The number of amides is 1. The molecule has 0 aromatic heterocycles. The van der Waals surface area contributed by atoms with Gasteiger partial charge in [0.05, 0.1) is 12.2 Å². The highest BCUT2D eigenvalue weighted by Crippen LogP contribution is 2.25. The third-order valence-corrected chi connectivity index (χ3v) is 4.55. The number of piperidine rings is 1. The molecule has 0 aromatic carbocycles. The Balaban J connectivity index is 1.78. The summed E-state index contributed by atoms with van der Waals surface area (Å²) in [4.78, 5) is 16.9. The van der Waals surface area contributed by atoms with Gasteiger partial charge in [-0.2, -0.15) is 0 Å². The minimum Gasteiger partial charge on any atom is -0.373 e. The third kappa shape index (κ3) is 4.68. The summed E-state index contributed by atoms with van der Waals surface area (Å²) in [7, 11) is 0. The van der Waals surface area contributed by atoms with Gasteiger partial charge in [-0.3, -0.25) is 9.69 Å². The molecule has 0 aromatic rings. The minimum absolute atomic E-state index is 0.248. The van der Waals surface area contributed by atoms with Crippen molar-refractivity contribution >= 4 is 5.91 Å². The third-order valence-electron chi connectivity index (χ3n) is 4.55. The van der Waals surface area contributed by atoms with E-state index in [1.807, 2.05) is 20.8 Å². The van der Waals surface area contributed by atoms with Crippen LogP contribution in [0.4, 0.5) is 0 Å². The Kier molecular flexibility index (Phi) is 5.31. The first-order valence-electron chi connectivity index (χ1n) is 8.43. The van der Waals surface area contributed by atoms with Crippen molar-refractivity contribution in [3.05, 3.63) is 0 Å². The summed E-state index contributed by atoms with van der Waals surface area (Å²) in [6.07, 6.45) is 2.97. The lowest BCUT2D eigenvalue weighted by atomic mass is 9.90. The van der Waals surface area contributed by atoms with Crippen LogP contribution >= 0.6 is 0 Å². The van der Waals surface area contributed by atoms with Gasteiger partial charge in [-0.25, -0.2) is 0 Å². The molecule has 2 aliphatic heterocycles. The molecular formula is C17H32N2O2. The molecule has 0 saturated carbocycles. The molecular weight excluding hydrogens is 264 g/mol. The molecule has 0 unspecified atom stereocenters. The van der Waals surface area contributed by atoms with E-state index in [4.69, 9.17) is 4.74 Å². The summed E-state index contributed by atoms with van der Waals surface area (Å²) in [5, 5.41) is 0. The molecule has 2 aliphatic rings. The van der Waals surface area contributed by atoms with Crippen LogP contribution in [0.5, 0.6) is 0 Å². The van der Waals surface area contributed by atoms with E-state index in [0.29, 0.717) is 18.1 Å². The van der Waals surface area contributed by atoms with E-state index in [-0.39, 0.29) is 5.41 Å². The van der Waals surface area contributed by atoms with Crippen LogP contribution in [0, 0.1) is 11.3 Å². The number of hydrogen-bond acceptors (Lipinski definition) is 3. The van der Waals surface area contributed by atoms with Gasteiger partial charge in [0, 0.05) is 38.1 Å². The fourth-order valence-corrected chi connectivity index (χ4v) is 3.59. The van der Waals surface area contributed by atoms with Crippen molar-refractivity contribution in [3.8, 4) is 0 Å². The predicted octanol–water partition coefficient (Wildman–Crippen LogP) is 2.38. The SMILES string of the molecule is C[C@@H]1CN(CC2CCN(C(=O)C(C)(C)C)CC2)C[C@H](C)O1. The number of rotatable bonds is 2. The van der Waals surface area contributed by atoms with Crippen molar-refractivity contribution in [2.75, 3.05) is 32.7 Å². The Morgan fingerprint density at radius 1 is 1.10 bits per heavy atom. The molecule has 2 atom stereocenters. The molecule has 0 N–H and O–H groups in total. The van der Waals surface area contributed by atoms with Gasteiger partial charge in [0.1, 0.15) is 0 Å².